The fourth-order valence-corrected chi connectivity index (χ4v) is 3.47. The second kappa shape index (κ2) is 6.15. The maximum absolute atomic E-state index is 12.4. The Morgan fingerprint density at radius 2 is 1.87 bits per heavy atom. The molecule has 0 N–H and O–H groups in total. The molecule has 2 saturated heterocycles. The lowest BCUT2D eigenvalue weighted by molar-refractivity contribution is -0.00771. The van der Waals surface area contributed by atoms with E-state index in [1.54, 1.807) is 12.1 Å². The Morgan fingerprint density at radius 3 is 2.39 bits per heavy atom. The number of ether oxygens (including phenoxy) is 2. The predicted molar refractivity (Wildman–Crippen MR) is 85.6 cm³/mol. The molecule has 3 heterocycles. The largest absolute Gasteiger partial charge is 0.473 e. The Balaban J connectivity index is 1.62. The number of aromatic nitrogens is 2. The van der Waals surface area contributed by atoms with Crippen molar-refractivity contribution in [3.63, 3.8) is 0 Å². The van der Waals surface area contributed by atoms with Gasteiger partial charge in [0, 0.05) is 31.0 Å². The van der Waals surface area contributed by atoms with Crippen LogP contribution in [-0.4, -0.2) is 45.0 Å². The van der Waals surface area contributed by atoms with Crippen molar-refractivity contribution >= 4 is 17.7 Å². The van der Waals surface area contributed by atoms with Crippen molar-refractivity contribution in [2.45, 2.75) is 70.2 Å². The van der Waals surface area contributed by atoms with Crippen LogP contribution in [0.5, 0.6) is 5.88 Å². The van der Waals surface area contributed by atoms with E-state index in [1.807, 2.05) is 25.7 Å². The molecule has 3 rings (SSSR count). The summed E-state index contributed by atoms with van der Waals surface area (Å²) in [5, 5.41) is 8.07. The zero-order chi connectivity index (χ0) is 16.6. The van der Waals surface area contributed by atoms with Gasteiger partial charge in [-0.25, -0.2) is 4.79 Å². The zero-order valence-corrected chi connectivity index (χ0v) is 14.4. The standard InChI is InChI=1S/C16H22ClN3O3/c1-16(2,3)23-15(21)20-10-4-5-11(20)9-12(8-10)22-14-7-6-13(17)18-19-14/h6-7,10-12H,4-5,8-9H2,1-3H3. The minimum atomic E-state index is -0.469. The highest BCUT2D eigenvalue weighted by atomic mass is 35.5. The van der Waals surface area contributed by atoms with E-state index in [4.69, 9.17) is 21.1 Å². The zero-order valence-electron chi connectivity index (χ0n) is 13.7. The molecule has 0 radical (unpaired) electrons. The van der Waals surface area contributed by atoms with Crippen LogP contribution in [0.3, 0.4) is 0 Å². The molecule has 0 saturated carbocycles. The van der Waals surface area contributed by atoms with Crippen LogP contribution < -0.4 is 4.74 Å². The van der Waals surface area contributed by atoms with Crippen LogP contribution in [0.25, 0.3) is 0 Å². The number of rotatable bonds is 2. The van der Waals surface area contributed by atoms with E-state index in [1.165, 1.54) is 0 Å². The summed E-state index contributed by atoms with van der Waals surface area (Å²) >= 11 is 5.73. The molecule has 23 heavy (non-hydrogen) atoms. The first-order valence-corrected chi connectivity index (χ1v) is 8.37. The van der Waals surface area contributed by atoms with Gasteiger partial charge in [-0.05, 0) is 39.7 Å². The second-order valence-corrected chi connectivity index (χ2v) is 7.57. The van der Waals surface area contributed by atoms with E-state index in [9.17, 15) is 4.79 Å². The van der Waals surface area contributed by atoms with Gasteiger partial charge in [0.15, 0.2) is 5.15 Å². The average molecular weight is 340 g/mol. The van der Waals surface area contributed by atoms with E-state index in [-0.39, 0.29) is 24.3 Å². The first-order chi connectivity index (χ1) is 10.8. The molecular formula is C16H22ClN3O3. The lowest BCUT2D eigenvalue weighted by Crippen LogP contribution is -2.50. The van der Waals surface area contributed by atoms with E-state index in [0.717, 1.165) is 25.7 Å². The lowest BCUT2D eigenvalue weighted by Gasteiger charge is -2.39. The van der Waals surface area contributed by atoms with Crippen molar-refractivity contribution in [2.24, 2.45) is 0 Å². The summed E-state index contributed by atoms with van der Waals surface area (Å²) in [5.74, 6) is 0.476. The van der Waals surface area contributed by atoms with Gasteiger partial charge in [0.25, 0.3) is 0 Å². The number of hydrogen-bond donors (Lipinski definition) is 0. The van der Waals surface area contributed by atoms with Crippen LogP contribution in [0.1, 0.15) is 46.5 Å². The molecule has 0 spiro atoms. The van der Waals surface area contributed by atoms with Crippen LogP contribution in [0.4, 0.5) is 4.79 Å². The summed E-state index contributed by atoms with van der Waals surface area (Å²) in [5.41, 5.74) is -0.469. The van der Waals surface area contributed by atoms with Gasteiger partial charge in [0.2, 0.25) is 5.88 Å². The van der Waals surface area contributed by atoms with Gasteiger partial charge < -0.3 is 14.4 Å². The Morgan fingerprint density at radius 1 is 1.22 bits per heavy atom. The molecule has 1 aromatic rings. The normalized spacial score (nSPS) is 27.0. The highest BCUT2D eigenvalue weighted by Gasteiger charge is 2.45. The molecule has 1 amide bonds. The fourth-order valence-electron chi connectivity index (χ4n) is 3.37. The minimum Gasteiger partial charge on any atom is -0.473 e. The maximum Gasteiger partial charge on any atom is 0.410 e. The van der Waals surface area contributed by atoms with E-state index < -0.39 is 5.60 Å². The van der Waals surface area contributed by atoms with Crippen LogP contribution in [0, 0.1) is 0 Å². The van der Waals surface area contributed by atoms with Gasteiger partial charge in [0.1, 0.15) is 11.7 Å². The van der Waals surface area contributed by atoms with Crippen LogP contribution in [-0.2, 0) is 4.74 Å². The molecule has 2 aliphatic heterocycles. The molecule has 2 bridgehead atoms. The first kappa shape index (κ1) is 16.3. The monoisotopic (exact) mass is 339 g/mol. The van der Waals surface area contributed by atoms with Gasteiger partial charge in [0.05, 0.1) is 0 Å². The number of fused-ring (bicyclic) bond motifs is 2. The summed E-state index contributed by atoms with van der Waals surface area (Å²) in [6.07, 6.45) is 3.41. The molecule has 2 atom stereocenters. The van der Waals surface area contributed by atoms with Crippen molar-refractivity contribution in [1.82, 2.24) is 15.1 Å². The van der Waals surface area contributed by atoms with Crippen molar-refractivity contribution in [3.05, 3.63) is 17.3 Å². The molecule has 7 heteroatoms. The number of hydrogen-bond acceptors (Lipinski definition) is 5. The van der Waals surface area contributed by atoms with E-state index in [2.05, 4.69) is 10.2 Å². The molecule has 0 aromatic carbocycles. The van der Waals surface area contributed by atoms with Crippen LogP contribution in [0.2, 0.25) is 5.15 Å². The molecular weight excluding hydrogens is 318 g/mol. The molecule has 2 fully saturated rings. The quantitative estimate of drug-likeness (QED) is 0.825. The molecule has 2 aliphatic rings. The maximum atomic E-state index is 12.4. The topological polar surface area (TPSA) is 64.5 Å². The first-order valence-electron chi connectivity index (χ1n) is 7.99. The third-order valence-corrected chi connectivity index (χ3v) is 4.39. The van der Waals surface area contributed by atoms with Crippen LogP contribution >= 0.6 is 11.6 Å². The molecule has 2 unspecified atom stereocenters. The number of nitrogens with zero attached hydrogens (tertiary/aromatic N) is 3. The lowest BCUT2D eigenvalue weighted by atomic mass is 10.0. The third-order valence-electron chi connectivity index (χ3n) is 4.19. The van der Waals surface area contributed by atoms with Crippen molar-refractivity contribution < 1.29 is 14.3 Å². The summed E-state index contributed by atoms with van der Waals surface area (Å²) in [4.78, 5) is 14.3. The van der Waals surface area contributed by atoms with Crippen molar-refractivity contribution in [1.29, 1.82) is 0 Å². The fraction of sp³-hybridized carbons (Fsp3) is 0.688. The highest BCUT2D eigenvalue weighted by Crippen LogP contribution is 2.38. The summed E-state index contributed by atoms with van der Waals surface area (Å²) in [6.45, 7) is 5.67. The van der Waals surface area contributed by atoms with Crippen LogP contribution in [0.15, 0.2) is 12.1 Å². The SMILES string of the molecule is CC(C)(C)OC(=O)N1C2CCC1CC(Oc1ccc(Cl)nn1)C2. The summed E-state index contributed by atoms with van der Waals surface area (Å²) in [7, 11) is 0. The van der Waals surface area contributed by atoms with E-state index >= 15 is 0 Å². The second-order valence-electron chi connectivity index (χ2n) is 7.18. The smallest absolute Gasteiger partial charge is 0.410 e. The Bertz CT molecular complexity index is 559. The molecule has 6 nitrogen and oxygen atoms in total. The van der Waals surface area contributed by atoms with Gasteiger partial charge in [-0.1, -0.05) is 11.6 Å². The number of carbonyl (C=O) groups is 1. The number of carbonyl (C=O) groups excluding carboxylic acids is 1. The third kappa shape index (κ3) is 3.86. The average Bonchev–Trinajstić information content (AvgIpc) is 2.72. The predicted octanol–water partition coefficient (Wildman–Crippen LogP) is 3.44. The van der Waals surface area contributed by atoms with Gasteiger partial charge in [-0.3, -0.25) is 0 Å². The molecule has 0 aliphatic carbocycles. The molecule has 126 valence electrons. The van der Waals surface area contributed by atoms with Gasteiger partial charge in [-0.15, -0.1) is 10.2 Å². The number of piperidine rings is 1. The summed E-state index contributed by atoms with van der Waals surface area (Å²) in [6, 6.07) is 3.73. The van der Waals surface area contributed by atoms with Gasteiger partial charge in [-0.2, -0.15) is 0 Å². The molecule has 1 aromatic heterocycles. The number of amides is 1. The van der Waals surface area contributed by atoms with Gasteiger partial charge >= 0.3 is 6.09 Å². The number of halogens is 1. The Hall–Kier alpha value is -1.56. The van der Waals surface area contributed by atoms with Crippen molar-refractivity contribution in [2.75, 3.05) is 0 Å². The highest BCUT2D eigenvalue weighted by molar-refractivity contribution is 6.29. The minimum absolute atomic E-state index is 0.0432. The summed E-state index contributed by atoms with van der Waals surface area (Å²) < 4.78 is 11.4. The Kier molecular flexibility index (Phi) is 4.36. The Labute approximate surface area is 141 Å². The van der Waals surface area contributed by atoms with E-state index in [0.29, 0.717) is 11.0 Å². The van der Waals surface area contributed by atoms with Crippen molar-refractivity contribution in [3.8, 4) is 5.88 Å².